The molecule has 0 aliphatic rings. The van der Waals surface area contributed by atoms with E-state index in [2.05, 4.69) is 176 Å². The summed E-state index contributed by atoms with van der Waals surface area (Å²) in [7, 11) is 0. The molecule has 8 aromatic carbocycles. The molecular formula is C50H30N2S2. The Morgan fingerprint density at radius 2 is 0.833 bits per heavy atom. The zero-order valence-electron chi connectivity index (χ0n) is 29.0. The van der Waals surface area contributed by atoms with Gasteiger partial charge in [-0.25, -0.2) is 9.97 Å². The van der Waals surface area contributed by atoms with Crippen LogP contribution in [0.3, 0.4) is 0 Å². The number of hydrogen-bond acceptors (Lipinski definition) is 4. The summed E-state index contributed by atoms with van der Waals surface area (Å²) in [4.78, 5) is 10.5. The van der Waals surface area contributed by atoms with Gasteiger partial charge in [0, 0.05) is 57.0 Å². The minimum Gasteiger partial charge on any atom is -0.228 e. The van der Waals surface area contributed by atoms with Crippen LogP contribution in [0.1, 0.15) is 0 Å². The van der Waals surface area contributed by atoms with Crippen LogP contribution in [-0.4, -0.2) is 9.97 Å². The molecule has 3 aromatic heterocycles. The molecule has 0 saturated carbocycles. The molecule has 0 spiro atoms. The summed E-state index contributed by atoms with van der Waals surface area (Å²) in [5.41, 5.74) is 9.70. The highest BCUT2D eigenvalue weighted by Crippen LogP contribution is 2.45. The summed E-state index contributed by atoms with van der Waals surface area (Å²) in [5, 5.41) is 7.58. The zero-order valence-corrected chi connectivity index (χ0v) is 30.7. The first-order valence-electron chi connectivity index (χ1n) is 18.1. The van der Waals surface area contributed by atoms with Gasteiger partial charge in [0.15, 0.2) is 5.82 Å². The second-order valence-corrected chi connectivity index (χ2v) is 15.9. The van der Waals surface area contributed by atoms with Crippen LogP contribution in [0.15, 0.2) is 182 Å². The molecule has 0 aliphatic heterocycles. The molecule has 0 fully saturated rings. The van der Waals surface area contributed by atoms with Crippen LogP contribution in [0.25, 0.3) is 107 Å². The Labute approximate surface area is 320 Å². The Morgan fingerprint density at radius 1 is 0.315 bits per heavy atom. The van der Waals surface area contributed by atoms with Crippen LogP contribution in [0.4, 0.5) is 0 Å². The van der Waals surface area contributed by atoms with Crippen molar-refractivity contribution in [3.8, 4) is 56.2 Å². The van der Waals surface area contributed by atoms with Gasteiger partial charge in [0.25, 0.3) is 0 Å². The van der Waals surface area contributed by atoms with Crippen LogP contribution in [-0.2, 0) is 0 Å². The molecule has 0 unspecified atom stereocenters. The second-order valence-electron chi connectivity index (χ2n) is 13.7. The van der Waals surface area contributed by atoms with Crippen LogP contribution in [0, 0.1) is 0 Å². The lowest BCUT2D eigenvalue weighted by molar-refractivity contribution is 1.18. The van der Waals surface area contributed by atoms with Crippen LogP contribution >= 0.6 is 22.7 Å². The number of benzene rings is 8. The van der Waals surface area contributed by atoms with Gasteiger partial charge in [0.2, 0.25) is 0 Å². The first kappa shape index (κ1) is 31.1. The number of aromatic nitrogens is 2. The summed E-state index contributed by atoms with van der Waals surface area (Å²) in [6.07, 6.45) is 0. The van der Waals surface area contributed by atoms with E-state index in [0.29, 0.717) is 5.82 Å². The lowest BCUT2D eigenvalue weighted by atomic mass is 9.93. The van der Waals surface area contributed by atoms with E-state index in [-0.39, 0.29) is 0 Å². The average Bonchev–Trinajstić information content (AvgIpc) is 3.82. The quantitative estimate of drug-likeness (QED) is 0.177. The average molecular weight is 723 g/mol. The summed E-state index contributed by atoms with van der Waals surface area (Å²) in [6.45, 7) is 0. The van der Waals surface area contributed by atoms with Crippen molar-refractivity contribution in [2.45, 2.75) is 0 Å². The van der Waals surface area contributed by atoms with Gasteiger partial charge in [-0.1, -0.05) is 140 Å². The SMILES string of the molecule is c1ccc(-c2nc(-c3cc(-c4cccc5c4sc4ccccc45)cc(-c4cccc5c4sc4ccccc45)c3)cc(-c3ccc4ccccc4c3)n2)cc1. The Kier molecular flexibility index (Phi) is 7.25. The standard InChI is InChI=1S/C50H30N2S2/c1-2-13-32(14-3-1)50-51-44(34-25-24-31-12-4-5-15-33(31)26-34)30-45(52-50)37-28-35(38-18-10-20-42-40-16-6-8-22-46(40)53-48(38)42)27-36(29-37)39-19-11-21-43-41-17-7-9-23-47(41)54-49(39)43/h1-30H. The van der Waals surface area contributed by atoms with E-state index in [4.69, 9.17) is 9.97 Å². The molecule has 2 nitrogen and oxygen atoms in total. The molecule has 54 heavy (non-hydrogen) atoms. The van der Waals surface area contributed by atoms with Gasteiger partial charge in [0.05, 0.1) is 11.4 Å². The topological polar surface area (TPSA) is 25.8 Å². The van der Waals surface area contributed by atoms with Gasteiger partial charge in [-0.2, -0.15) is 0 Å². The van der Waals surface area contributed by atoms with Crippen LogP contribution in [0.2, 0.25) is 0 Å². The minimum atomic E-state index is 0.710. The fraction of sp³-hybridized carbons (Fsp3) is 0. The van der Waals surface area contributed by atoms with E-state index in [1.165, 1.54) is 73.4 Å². The molecule has 0 aliphatic carbocycles. The highest BCUT2D eigenvalue weighted by molar-refractivity contribution is 7.26. The van der Waals surface area contributed by atoms with Crippen molar-refractivity contribution in [1.82, 2.24) is 9.97 Å². The number of hydrogen-bond donors (Lipinski definition) is 0. The fourth-order valence-corrected chi connectivity index (χ4v) is 10.3. The maximum absolute atomic E-state index is 5.32. The molecule has 4 heteroatoms. The summed E-state index contributed by atoms with van der Waals surface area (Å²) < 4.78 is 5.20. The van der Waals surface area contributed by atoms with E-state index >= 15 is 0 Å². The zero-order chi connectivity index (χ0) is 35.6. The fourth-order valence-electron chi connectivity index (χ4n) is 7.84. The van der Waals surface area contributed by atoms with E-state index in [0.717, 1.165) is 28.1 Å². The van der Waals surface area contributed by atoms with Crippen molar-refractivity contribution >= 4 is 73.8 Å². The lowest BCUT2D eigenvalue weighted by Crippen LogP contribution is -1.96. The van der Waals surface area contributed by atoms with Gasteiger partial charge in [-0.15, -0.1) is 22.7 Å². The molecule has 0 saturated heterocycles. The third-order valence-electron chi connectivity index (χ3n) is 10.5. The molecule has 0 amide bonds. The minimum absolute atomic E-state index is 0.710. The van der Waals surface area contributed by atoms with Crippen molar-refractivity contribution < 1.29 is 0 Å². The Bertz CT molecular complexity index is 3100. The van der Waals surface area contributed by atoms with Gasteiger partial charge < -0.3 is 0 Å². The normalized spacial score (nSPS) is 11.7. The number of thiophene rings is 2. The van der Waals surface area contributed by atoms with E-state index < -0.39 is 0 Å². The Balaban J connectivity index is 1.19. The third-order valence-corrected chi connectivity index (χ3v) is 12.9. The molecule has 0 atom stereocenters. The largest absolute Gasteiger partial charge is 0.228 e. The highest BCUT2D eigenvalue weighted by atomic mass is 32.1. The molecule has 11 aromatic rings. The van der Waals surface area contributed by atoms with Crippen molar-refractivity contribution in [1.29, 1.82) is 0 Å². The van der Waals surface area contributed by atoms with Gasteiger partial charge in [-0.05, 0) is 75.5 Å². The predicted octanol–water partition coefficient (Wildman–Crippen LogP) is 14.7. The Morgan fingerprint density at radius 3 is 1.48 bits per heavy atom. The van der Waals surface area contributed by atoms with Gasteiger partial charge in [-0.3, -0.25) is 0 Å². The smallest absolute Gasteiger partial charge is 0.160 e. The van der Waals surface area contributed by atoms with E-state index in [1.54, 1.807) is 0 Å². The number of fused-ring (bicyclic) bond motifs is 7. The molecule has 252 valence electrons. The van der Waals surface area contributed by atoms with Crippen LogP contribution < -0.4 is 0 Å². The monoisotopic (exact) mass is 722 g/mol. The summed E-state index contributed by atoms with van der Waals surface area (Å²) >= 11 is 3.74. The van der Waals surface area contributed by atoms with E-state index in [9.17, 15) is 0 Å². The first-order chi connectivity index (χ1) is 26.7. The van der Waals surface area contributed by atoms with Gasteiger partial charge in [0.1, 0.15) is 0 Å². The van der Waals surface area contributed by atoms with Crippen molar-refractivity contribution in [3.05, 3.63) is 182 Å². The molecule has 0 N–H and O–H groups in total. The molecule has 0 bridgehead atoms. The van der Waals surface area contributed by atoms with E-state index in [1.807, 2.05) is 28.7 Å². The maximum atomic E-state index is 5.32. The predicted molar refractivity (Wildman–Crippen MR) is 232 cm³/mol. The number of rotatable bonds is 5. The maximum Gasteiger partial charge on any atom is 0.160 e. The lowest BCUT2D eigenvalue weighted by Gasteiger charge is -2.14. The molecule has 11 rings (SSSR count). The molecular weight excluding hydrogens is 693 g/mol. The third kappa shape index (κ3) is 5.22. The summed E-state index contributed by atoms with van der Waals surface area (Å²) in [6, 6.07) is 65.6. The number of nitrogens with zero attached hydrogens (tertiary/aromatic N) is 2. The second kappa shape index (κ2) is 12.6. The van der Waals surface area contributed by atoms with Gasteiger partial charge >= 0.3 is 0 Å². The van der Waals surface area contributed by atoms with Crippen molar-refractivity contribution in [2.75, 3.05) is 0 Å². The Hall–Kier alpha value is -6.46. The van der Waals surface area contributed by atoms with Crippen molar-refractivity contribution in [2.24, 2.45) is 0 Å². The highest BCUT2D eigenvalue weighted by Gasteiger charge is 2.18. The van der Waals surface area contributed by atoms with Crippen molar-refractivity contribution in [3.63, 3.8) is 0 Å². The first-order valence-corrected chi connectivity index (χ1v) is 19.8. The van der Waals surface area contributed by atoms with Crippen LogP contribution in [0.5, 0.6) is 0 Å². The summed E-state index contributed by atoms with van der Waals surface area (Å²) in [5.74, 6) is 0.710. The molecule has 0 radical (unpaired) electrons. The molecule has 3 heterocycles.